The largest absolute Gasteiger partial charge is 0.461 e. The average molecular weight is 1040 g/mol. The molecule has 15 heteroatoms. The van der Waals surface area contributed by atoms with Crippen molar-refractivity contribution in [3.8, 4) is 11.5 Å². The van der Waals surface area contributed by atoms with E-state index >= 15 is 17.6 Å². The number of esters is 1. The van der Waals surface area contributed by atoms with Crippen molar-refractivity contribution in [3.63, 3.8) is 0 Å². The molecule has 378 valence electrons. The van der Waals surface area contributed by atoms with Crippen molar-refractivity contribution in [2.24, 2.45) is 0 Å². The lowest BCUT2D eigenvalue weighted by Crippen LogP contribution is -2.33. The summed E-state index contributed by atoms with van der Waals surface area (Å²) >= 11 is 0.215. The van der Waals surface area contributed by atoms with Gasteiger partial charge < -0.3 is 9.47 Å². The minimum atomic E-state index is -5.91. The first-order chi connectivity index (χ1) is 33.9. The molecule has 0 amide bonds. The van der Waals surface area contributed by atoms with E-state index in [9.17, 15) is 21.6 Å². The fourth-order valence-electron chi connectivity index (χ4n) is 8.99. The summed E-state index contributed by atoms with van der Waals surface area (Å²) in [6, 6.07) is 29.3. The third-order valence-corrected chi connectivity index (χ3v) is 17.0. The van der Waals surface area contributed by atoms with Crippen molar-refractivity contribution >= 4 is 49.4 Å². The van der Waals surface area contributed by atoms with Gasteiger partial charge in [0.25, 0.3) is 20.0 Å². The van der Waals surface area contributed by atoms with Crippen LogP contribution in [0.4, 0.5) is 17.6 Å². The Morgan fingerprint density at radius 3 is 1.82 bits per heavy atom. The summed E-state index contributed by atoms with van der Waals surface area (Å²) in [4.78, 5) is 7.66. The predicted octanol–water partition coefficient (Wildman–Crippen LogP) is 12.4. The zero-order chi connectivity index (χ0) is 52.6. The molecule has 0 saturated carbocycles. The van der Waals surface area contributed by atoms with E-state index in [0.717, 1.165) is 33.5 Å². The number of ether oxygens (including phenoxy) is 2. The Morgan fingerprint density at radius 1 is 0.681 bits per heavy atom. The molecule has 8 nitrogen and oxygen atoms in total. The summed E-state index contributed by atoms with van der Waals surface area (Å²) in [6.07, 6.45) is 2.66. The summed E-state index contributed by atoms with van der Waals surface area (Å²) in [5.41, 5.74) is 8.74. The zero-order valence-electron chi connectivity index (χ0n) is 41.5. The number of fused-ring (bicyclic) bond motifs is 2. The van der Waals surface area contributed by atoms with Gasteiger partial charge in [0.1, 0.15) is 18.1 Å². The highest BCUT2D eigenvalue weighted by Crippen LogP contribution is 2.41. The smallest absolute Gasteiger partial charge is 0.333 e. The van der Waals surface area contributed by atoms with Crippen molar-refractivity contribution in [2.45, 2.75) is 107 Å². The lowest BCUT2D eigenvalue weighted by atomic mass is 9.85. The summed E-state index contributed by atoms with van der Waals surface area (Å²) < 4.78 is 132. The molecule has 1 N–H and O–H groups in total. The third-order valence-electron chi connectivity index (χ3n) is 12.4. The standard InChI is InChI=1S/C57H57F4NO7S3/c1-31(2)38-16-13-17-39(32(3)4)45(38)27-36-21-23-42-47(29-36)69-48-30-37(28-46-40(33(5)6)18-14-19-41(46)34(7)8)22-24-43(48)50(42)44-15-11-12-20-49(44)71(64,65)62-72(66,67)56-53(60)51(58)55(52(59)54(56)61)70-26-25-68-57(63)35(9)10/h11-24,27,29-34,62H,9,25-26,28H2,1-8,10H3/b36-27+. The normalized spacial score (nSPS) is 13.0. The molecule has 0 fully saturated rings. The third kappa shape index (κ3) is 11.0. The van der Waals surface area contributed by atoms with Crippen molar-refractivity contribution in [3.05, 3.63) is 193 Å². The minimum Gasteiger partial charge on any atom is -0.461 e. The fraction of sp³-hybridized carbons (Fsp3) is 0.281. The predicted molar refractivity (Wildman–Crippen MR) is 276 cm³/mol. The molecule has 0 unspecified atom stereocenters. The number of carbonyl (C=O) groups excluding carboxylic acids is 1. The molecule has 0 aliphatic carbocycles. The van der Waals surface area contributed by atoms with Crippen LogP contribution in [-0.2, 0) is 36.0 Å². The van der Waals surface area contributed by atoms with Gasteiger partial charge in [-0.05, 0) is 112 Å². The van der Waals surface area contributed by atoms with Gasteiger partial charge >= 0.3 is 5.97 Å². The van der Waals surface area contributed by atoms with Crippen molar-refractivity contribution in [1.29, 1.82) is 0 Å². The van der Waals surface area contributed by atoms with Crippen molar-refractivity contribution in [1.82, 2.24) is 4.13 Å². The Labute approximate surface area is 424 Å². The highest BCUT2D eigenvalue weighted by Gasteiger charge is 2.37. The molecule has 1 heterocycles. The van der Waals surface area contributed by atoms with Gasteiger partial charge in [-0.2, -0.15) is 0 Å². The zero-order valence-corrected chi connectivity index (χ0v) is 44.0. The molecule has 1 aliphatic rings. The van der Waals surface area contributed by atoms with E-state index in [-0.39, 0.29) is 52.3 Å². The average Bonchev–Trinajstić information content (AvgIpc) is 3.31. The number of rotatable bonds is 17. The van der Waals surface area contributed by atoms with Crippen LogP contribution >= 0.6 is 11.8 Å². The van der Waals surface area contributed by atoms with E-state index in [2.05, 4.69) is 104 Å². The quantitative estimate of drug-likeness (QED) is 0.0239. The topological polar surface area (TPSA) is 116 Å². The molecule has 6 aromatic rings. The van der Waals surface area contributed by atoms with E-state index in [0.29, 0.717) is 34.3 Å². The number of carbonyl (C=O) groups is 1. The molecule has 0 atom stereocenters. The Kier molecular flexibility index (Phi) is 16.1. The molecule has 1 aliphatic heterocycles. The van der Waals surface area contributed by atoms with E-state index in [1.807, 2.05) is 30.3 Å². The van der Waals surface area contributed by atoms with Crippen molar-refractivity contribution < 1.29 is 48.7 Å². The SMILES string of the molecule is C=C(C)C(=O)OCCSc1c(F)c(F)c(S(=O)(=O)NS(=O)(=O)c2ccccc2C2=c3cc/c(=C\c4c(C(C)C)cccc4C(C)C)cc3Oc3cc(Cc4c(C(C)C)cccc4C(C)C)ccc32)c(F)c1F. The van der Waals surface area contributed by atoms with Crippen LogP contribution in [0.5, 0.6) is 11.5 Å². The van der Waals surface area contributed by atoms with Crippen LogP contribution in [0.25, 0.3) is 11.6 Å². The molecule has 6 aromatic carbocycles. The summed E-state index contributed by atoms with van der Waals surface area (Å²) in [7, 11) is -11.3. The monoisotopic (exact) mass is 1040 g/mol. The van der Waals surface area contributed by atoms with Crippen LogP contribution in [0.3, 0.4) is 0 Å². The maximum atomic E-state index is 15.7. The number of sulfonamides is 2. The van der Waals surface area contributed by atoms with E-state index in [1.165, 1.54) is 39.9 Å². The van der Waals surface area contributed by atoms with E-state index in [1.54, 1.807) is 12.1 Å². The molecular weight excluding hydrogens is 983 g/mol. The van der Waals surface area contributed by atoms with Crippen LogP contribution in [-0.4, -0.2) is 35.2 Å². The molecular formula is C57H57F4NO7S3. The molecule has 0 aromatic heterocycles. The Morgan fingerprint density at radius 2 is 1.25 bits per heavy atom. The summed E-state index contributed by atoms with van der Waals surface area (Å²) in [5, 5.41) is 1.25. The molecule has 0 spiro atoms. The Bertz CT molecular complexity index is 3420. The fourth-order valence-corrected chi connectivity index (χ4v) is 13.0. The lowest BCUT2D eigenvalue weighted by molar-refractivity contribution is -0.138. The number of halogens is 4. The Balaban J connectivity index is 1.38. The number of hydrogen-bond donors (Lipinski definition) is 1. The van der Waals surface area contributed by atoms with Crippen LogP contribution in [0, 0.1) is 23.3 Å². The maximum absolute atomic E-state index is 15.7. The van der Waals surface area contributed by atoms with Crippen molar-refractivity contribution in [2.75, 3.05) is 12.4 Å². The minimum absolute atomic E-state index is 0.00706. The lowest BCUT2D eigenvalue weighted by Gasteiger charge is -2.24. The molecule has 0 radical (unpaired) electrons. The molecule has 0 bridgehead atoms. The Hall–Kier alpha value is -6.00. The maximum Gasteiger partial charge on any atom is 0.333 e. The van der Waals surface area contributed by atoms with Crippen LogP contribution < -0.4 is 19.3 Å². The second-order valence-electron chi connectivity index (χ2n) is 19.0. The number of thioether (sulfide) groups is 1. The first-order valence-corrected chi connectivity index (χ1v) is 27.5. The first kappa shape index (κ1) is 53.8. The second-order valence-corrected chi connectivity index (χ2v) is 23.7. The summed E-state index contributed by atoms with van der Waals surface area (Å²) in [5.74, 6) is -8.43. The van der Waals surface area contributed by atoms with Gasteiger partial charge in [-0.25, -0.2) is 39.2 Å². The molecule has 72 heavy (non-hydrogen) atoms. The molecule has 0 saturated heterocycles. The van der Waals surface area contributed by atoms with E-state index < -0.39 is 70.6 Å². The van der Waals surface area contributed by atoms with Gasteiger partial charge in [-0.3, -0.25) is 0 Å². The second kappa shape index (κ2) is 21.6. The van der Waals surface area contributed by atoms with Gasteiger partial charge in [0.2, 0.25) is 0 Å². The molecule has 7 rings (SSSR count). The highest BCUT2D eigenvalue weighted by atomic mass is 32.3. The van der Waals surface area contributed by atoms with Gasteiger partial charge in [0.05, 0.1) is 9.79 Å². The van der Waals surface area contributed by atoms with E-state index in [4.69, 9.17) is 9.47 Å². The van der Waals surface area contributed by atoms with Gasteiger partial charge in [0, 0.05) is 33.2 Å². The van der Waals surface area contributed by atoms with Crippen LogP contribution in [0.2, 0.25) is 0 Å². The number of benzene rings is 6. The first-order valence-electron chi connectivity index (χ1n) is 23.5. The van der Waals surface area contributed by atoms with Gasteiger partial charge in [-0.15, -0.1) is 15.9 Å². The summed E-state index contributed by atoms with van der Waals surface area (Å²) in [6.45, 7) is 21.5. The number of hydrogen-bond acceptors (Lipinski definition) is 8. The van der Waals surface area contributed by atoms with Gasteiger partial charge in [0.15, 0.2) is 28.2 Å². The van der Waals surface area contributed by atoms with Gasteiger partial charge in [-0.1, -0.05) is 135 Å². The van der Waals surface area contributed by atoms with Crippen LogP contribution in [0.1, 0.15) is 136 Å². The number of nitrogens with one attached hydrogen (secondary N) is 1. The highest BCUT2D eigenvalue weighted by molar-refractivity contribution is 8.04. The van der Waals surface area contributed by atoms with Crippen LogP contribution in [0.15, 0.2) is 124 Å².